The van der Waals surface area contributed by atoms with E-state index >= 15 is 0 Å². The fraction of sp³-hybridized carbons (Fsp3) is 0.211. The third-order valence-corrected chi connectivity index (χ3v) is 4.32. The minimum absolute atomic E-state index is 0.104. The molecule has 8 heteroatoms. The van der Waals surface area contributed by atoms with E-state index in [1.807, 2.05) is 42.5 Å². The number of anilines is 1. The van der Waals surface area contributed by atoms with Gasteiger partial charge in [0.15, 0.2) is 0 Å². The lowest BCUT2D eigenvalue weighted by Gasteiger charge is -2.06. The summed E-state index contributed by atoms with van der Waals surface area (Å²) in [4.78, 5) is 25.3. The SMILES string of the molecule is O=C(CCCn1nnc(-c2ccccc2)n1)Nc1ccc2c(c1)C(=O)NC2. The fourth-order valence-electron chi connectivity index (χ4n) is 2.94. The zero-order valence-corrected chi connectivity index (χ0v) is 14.6. The number of nitrogens with one attached hydrogen (secondary N) is 2. The number of tetrazole rings is 1. The topological polar surface area (TPSA) is 102 Å². The molecule has 0 fully saturated rings. The minimum atomic E-state index is -0.114. The van der Waals surface area contributed by atoms with Crippen molar-refractivity contribution < 1.29 is 9.59 Å². The molecule has 4 rings (SSSR count). The van der Waals surface area contributed by atoms with Crippen LogP contribution in [0, 0.1) is 0 Å². The molecule has 1 aliphatic rings. The van der Waals surface area contributed by atoms with Gasteiger partial charge in [0, 0.05) is 29.8 Å². The van der Waals surface area contributed by atoms with E-state index in [2.05, 4.69) is 26.0 Å². The smallest absolute Gasteiger partial charge is 0.251 e. The van der Waals surface area contributed by atoms with Gasteiger partial charge in [-0.3, -0.25) is 9.59 Å². The summed E-state index contributed by atoms with van der Waals surface area (Å²) < 4.78 is 0. The van der Waals surface area contributed by atoms with Gasteiger partial charge < -0.3 is 10.6 Å². The first-order chi connectivity index (χ1) is 13.2. The molecule has 2 aromatic carbocycles. The standard InChI is InChI=1S/C19H18N6O2/c26-17(21-15-9-8-14-12-20-19(27)16(14)11-15)7-4-10-25-23-18(22-24-25)13-5-2-1-3-6-13/h1-3,5-6,8-9,11H,4,7,10,12H2,(H,20,27)(H,21,26). The van der Waals surface area contributed by atoms with Crippen LogP contribution in [0.25, 0.3) is 11.4 Å². The summed E-state index contributed by atoms with van der Waals surface area (Å²) in [6, 6.07) is 15.0. The number of rotatable bonds is 6. The van der Waals surface area contributed by atoms with E-state index in [1.165, 1.54) is 4.80 Å². The number of fused-ring (bicyclic) bond motifs is 1. The first kappa shape index (κ1) is 16.9. The number of hydrogen-bond donors (Lipinski definition) is 2. The van der Waals surface area contributed by atoms with Crippen LogP contribution < -0.4 is 10.6 Å². The fourth-order valence-corrected chi connectivity index (χ4v) is 2.94. The first-order valence-corrected chi connectivity index (χ1v) is 8.73. The van der Waals surface area contributed by atoms with Crippen LogP contribution in [0.4, 0.5) is 5.69 Å². The summed E-state index contributed by atoms with van der Waals surface area (Å²) in [5.74, 6) is 0.348. The highest BCUT2D eigenvalue weighted by Crippen LogP contribution is 2.20. The van der Waals surface area contributed by atoms with Crippen molar-refractivity contribution in [3.63, 3.8) is 0 Å². The van der Waals surface area contributed by atoms with Gasteiger partial charge in [0.25, 0.3) is 5.91 Å². The van der Waals surface area contributed by atoms with Crippen molar-refractivity contribution in [1.82, 2.24) is 25.5 Å². The Balaban J connectivity index is 1.28. The number of amides is 2. The van der Waals surface area contributed by atoms with Crippen LogP contribution >= 0.6 is 0 Å². The van der Waals surface area contributed by atoms with Gasteiger partial charge >= 0.3 is 0 Å². The van der Waals surface area contributed by atoms with E-state index < -0.39 is 0 Å². The Morgan fingerprint density at radius 3 is 2.89 bits per heavy atom. The molecule has 0 aliphatic carbocycles. The van der Waals surface area contributed by atoms with Crippen molar-refractivity contribution >= 4 is 17.5 Å². The molecule has 1 aliphatic heterocycles. The van der Waals surface area contributed by atoms with E-state index in [0.717, 1.165) is 11.1 Å². The van der Waals surface area contributed by atoms with Crippen LogP contribution in [0.3, 0.4) is 0 Å². The average Bonchev–Trinajstić information content (AvgIpc) is 3.30. The molecule has 2 heterocycles. The van der Waals surface area contributed by atoms with Gasteiger partial charge in [-0.05, 0) is 29.3 Å². The molecule has 0 saturated heterocycles. The summed E-state index contributed by atoms with van der Waals surface area (Å²) in [5, 5.41) is 18.0. The van der Waals surface area contributed by atoms with Crippen molar-refractivity contribution in [3.05, 3.63) is 59.7 Å². The molecule has 0 saturated carbocycles. The van der Waals surface area contributed by atoms with Crippen LogP contribution in [0.2, 0.25) is 0 Å². The molecule has 0 atom stereocenters. The van der Waals surface area contributed by atoms with Crippen LogP contribution in [-0.2, 0) is 17.9 Å². The maximum absolute atomic E-state index is 12.1. The van der Waals surface area contributed by atoms with E-state index in [0.29, 0.717) is 43.0 Å². The molecule has 0 spiro atoms. The zero-order valence-electron chi connectivity index (χ0n) is 14.6. The number of aryl methyl sites for hydroxylation is 1. The Morgan fingerprint density at radius 1 is 1.19 bits per heavy atom. The predicted octanol–water partition coefficient (Wildman–Crippen LogP) is 2.00. The number of benzene rings is 2. The van der Waals surface area contributed by atoms with Gasteiger partial charge in [-0.15, -0.1) is 10.2 Å². The largest absolute Gasteiger partial charge is 0.348 e. The summed E-state index contributed by atoms with van der Waals surface area (Å²) in [7, 11) is 0. The van der Waals surface area contributed by atoms with Gasteiger partial charge in [0.2, 0.25) is 11.7 Å². The van der Waals surface area contributed by atoms with E-state index in [4.69, 9.17) is 0 Å². The highest BCUT2D eigenvalue weighted by atomic mass is 16.2. The quantitative estimate of drug-likeness (QED) is 0.698. The van der Waals surface area contributed by atoms with Gasteiger partial charge in [-0.2, -0.15) is 4.80 Å². The van der Waals surface area contributed by atoms with Crippen LogP contribution in [-0.4, -0.2) is 32.0 Å². The monoisotopic (exact) mass is 362 g/mol. The molecule has 2 amide bonds. The molecule has 27 heavy (non-hydrogen) atoms. The first-order valence-electron chi connectivity index (χ1n) is 8.73. The third-order valence-electron chi connectivity index (χ3n) is 4.32. The molecule has 1 aromatic heterocycles. The van der Waals surface area contributed by atoms with Gasteiger partial charge in [-0.1, -0.05) is 36.4 Å². The second-order valence-electron chi connectivity index (χ2n) is 6.28. The molecular weight excluding hydrogens is 344 g/mol. The van der Waals surface area contributed by atoms with E-state index in [1.54, 1.807) is 6.07 Å². The Bertz CT molecular complexity index is 983. The highest BCUT2D eigenvalue weighted by molar-refractivity contribution is 6.00. The van der Waals surface area contributed by atoms with Crippen molar-refractivity contribution in [1.29, 1.82) is 0 Å². The predicted molar refractivity (Wildman–Crippen MR) is 98.7 cm³/mol. The van der Waals surface area contributed by atoms with Crippen molar-refractivity contribution in [3.8, 4) is 11.4 Å². The maximum atomic E-state index is 12.1. The number of carbonyl (C=O) groups is 2. The normalized spacial score (nSPS) is 12.5. The van der Waals surface area contributed by atoms with E-state index in [-0.39, 0.29) is 11.8 Å². The summed E-state index contributed by atoms with van der Waals surface area (Å²) in [5.41, 5.74) is 3.10. The summed E-state index contributed by atoms with van der Waals surface area (Å²) in [6.45, 7) is 1.04. The van der Waals surface area contributed by atoms with Crippen molar-refractivity contribution in [2.75, 3.05) is 5.32 Å². The lowest BCUT2D eigenvalue weighted by Crippen LogP contribution is -2.14. The van der Waals surface area contributed by atoms with Gasteiger partial charge in [0.1, 0.15) is 0 Å². The molecule has 3 aromatic rings. The molecule has 0 radical (unpaired) electrons. The molecule has 136 valence electrons. The lowest BCUT2D eigenvalue weighted by atomic mass is 10.1. The minimum Gasteiger partial charge on any atom is -0.348 e. The van der Waals surface area contributed by atoms with Crippen molar-refractivity contribution in [2.45, 2.75) is 25.9 Å². The van der Waals surface area contributed by atoms with Crippen LogP contribution in [0.15, 0.2) is 48.5 Å². The lowest BCUT2D eigenvalue weighted by molar-refractivity contribution is -0.116. The highest BCUT2D eigenvalue weighted by Gasteiger charge is 2.19. The summed E-state index contributed by atoms with van der Waals surface area (Å²) >= 11 is 0. The van der Waals surface area contributed by atoms with E-state index in [9.17, 15) is 9.59 Å². The Labute approximate surface area is 155 Å². The molecule has 8 nitrogen and oxygen atoms in total. The Hall–Kier alpha value is -3.55. The average molecular weight is 362 g/mol. The van der Waals surface area contributed by atoms with Crippen LogP contribution in [0.1, 0.15) is 28.8 Å². The Kier molecular flexibility index (Phi) is 4.61. The maximum Gasteiger partial charge on any atom is 0.251 e. The number of carbonyl (C=O) groups excluding carboxylic acids is 2. The Morgan fingerprint density at radius 2 is 2.04 bits per heavy atom. The second-order valence-corrected chi connectivity index (χ2v) is 6.28. The molecule has 0 unspecified atom stereocenters. The summed E-state index contributed by atoms with van der Waals surface area (Å²) in [6.07, 6.45) is 0.910. The second kappa shape index (κ2) is 7.36. The number of nitrogens with zero attached hydrogens (tertiary/aromatic N) is 4. The van der Waals surface area contributed by atoms with Crippen LogP contribution in [0.5, 0.6) is 0 Å². The number of hydrogen-bond acceptors (Lipinski definition) is 5. The third kappa shape index (κ3) is 3.84. The van der Waals surface area contributed by atoms with Gasteiger partial charge in [-0.25, -0.2) is 0 Å². The number of aromatic nitrogens is 4. The van der Waals surface area contributed by atoms with Gasteiger partial charge in [0.05, 0.1) is 6.54 Å². The molecule has 0 bridgehead atoms. The molecule has 2 N–H and O–H groups in total. The van der Waals surface area contributed by atoms with Crippen molar-refractivity contribution in [2.24, 2.45) is 0 Å². The zero-order chi connectivity index (χ0) is 18.6. The molecular formula is C19H18N6O2.